The Morgan fingerprint density at radius 2 is 1.11 bits per heavy atom. The summed E-state index contributed by atoms with van der Waals surface area (Å²) in [4.78, 5) is 5.08. The van der Waals surface area contributed by atoms with Gasteiger partial charge in [0.15, 0.2) is 0 Å². The van der Waals surface area contributed by atoms with Crippen LogP contribution in [-0.4, -0.2) is 14.1 Å². The third kappa shape index (κ3) is 3.22. The lowest BCUT2D eigenvalue weighted by atomic mass is 10.1. The number of nitrogens with zero attached hydrogens (tertiary/aromatic N) is 3. The van der Waals surface area contributed by atoms with Gasteiger partial charge in [0.2, 0.25) is 0 Å². The molecule has 7 aromatic rings. The minimum absolute atomic E-state index is 0.917. The molecule has 166 valence electrons. The highest BCUT2D eigenvalue weighted by atomic mass is 79.9. The molecule has 0 unspecified atom stereocenters. The molecule has 3 nitrogen and oxygen atoms in total. The number of hydrogen-bond donors (Lipinski definition) is 0. The number of fused-ring (bicyclic) bond motifs is 4. The van der Waals surface area contributed by atoms with Gasteiger partial charge in [-0.2, -0.15) is 0 Å². The number of rotatable bonds is 3. The summed E-state index contributed by atoms with van der Waals surface area (Å²) in [5, 5.41) is 2.50. The van der Waals surface area contributed by atoms with Crippen molar-refractivity contribution in [3.8, 4) is 22.8 Å². The van der Waals surface area contributed by atoms with E-state index in [2.05, 4.69) is 134 Å². The first-order valence-corrected chi connectivity index (χ1v) is 12.4. The predicted molar refractivity (Wildman–Crippen MR) is 149 cm³/mol. The number of para-hydroxylation sites is 5. The molecule has 0 saturated heterocycles. The van der Waals surface area contributed by atoms with Crippen LogP contribution < -0.4 is 0 Å². The third-order valence-electron chi connectivity index (χ3n) is 6.55. The summed E-state index contributed by atoms with van der Waals surface area (Å²) in [7, 11) is 0. The molecule has 2 heterocycles. The van der Waals surface area contributed by atoms with Crippen molar-refractivity contribution >= 4 is 48.8 Å². The molecule has 2 aromatic heterocycles. The van der Waals surface area contributed by atoms with Crippen molar-refractivity contribution in [2.75, 3.05) is 0 Å². The van der Waals surface area contributed by atoms with E-state index in [1.165, 1.54) is 21.8 Å². The van der Waals surface area contributed by atoms with Crippen LogP contribution in [0.5, 0.6) is 0 Å². The molecule has 5 aromatic carbocycles. The zero-order valence-electron chi connectivity index (χ0n) is 18.8. The molecule has 0 radical (unpaired) electrons. The van der Waals surface area contributed by atoms with E-state index < -0.39 is 0 Å². The van der Waals surface area contributed by atoms with Gasteiger partial charge in [0, 0.05) is 32.2 Å². The van der Waals surface area contributed by atoms with E-state index in [-0.39, 0.29) is 0 Å². The van der Waals surface area contributed by atoms with Gasteiger partial charge in [0.05, 0.1) is 22.1 Å². The van der Waals surface area contributed by atoms with Crippen molar-refractivity contribution in [1.29, 1.82) is 0 Å². The standard InChI is InChI=1S/C31H20BrN3/c32-22-18-21(31-33-27-14-6-9-17-30(27)35(31)23-10-2-1-3-11-23)19-24(20-22)34-28-15-7-4-12-25(28)26-13-5-8-16-29(26)34/h1-20H. The fraction of sp³-hybridized carbons (Fsp3) is 0. The Hall–Kier alpha value is -4.15. The van der Waals surface area contributed by atoms with Gasteiger partial charge in [-0.05, 0) is 54.6 Å². The smallest absolute Gasteiger partial charge is 0.145 e. The van der Waals surface area contributed by atoms with E-state index in [0.29, 0.717) is 0 Å². The third-order valence-corrected chi connectivity index (χ3v) is 7.01. The molecular formula is C31H20BrN3. The highest BCUT2D eigenvalue weighted by Gasteiger charge is 2.17. The number of hydrogen-bond acceptors (Lipinski definition) is 1. The summed E-state index contributed by atoms with van der Waals surface area (Å²) in [6.45, 7) is 0. The fourth-order valence-electron chi connectivity index (χ4n) is 5.09. The molecule has 0 amide bonds. The van der Waals surface area contributed by atoms with Crippen LogP contribution in [0.25, 0.3) is 55.6 Å². The minimum atomic E-state index is 0.917. The summed E-state index contributed by atoms with van der Waals surface area (Å²) in [6, 6.07) is 42.5. The summed E-state index contributed by atoms with van der Waals surface area (Å²) < 4.78 is 5.60. The Morgan fingerprint density at radius 3 is 1.83 bits per heavy atom. The first-order chi connectivity index (χ1) is 17.3. The Balaban J connectivity index is 1.53. The van der Waals surface area contributed by atoms with Crippen molar-refractivity contribution in [2.24, 2.45) is 0 Å². The van der Waals surface area contributed by atoms with Crippen LogP contribution in [0.15, 0.2) is 126 Å². The second kappa shape index (κ2) is 7.97. The van der Waals surface area contributed by atoms with E-state index in [9.17, 15) is 0 Å². The Bertz CT molecular complexity index is 1810. The lowest BCUT2D eigenvalue weighted by molar-refractivity contribution is 1.10. The lowest BCUT2D eigenvalue weighted by Crippen LogP contribution is -1.99. The van der Waals surface area contributed by atoms with Gasteiger partial charge in [-0.15, -0.1) is 0 Å². The first kappa shape index (κ1) is 20.2. The lowest BCUT2D eigenvalue weighted by Gasteiger charge is -2.13. The van der Waals surface area contributed by atoms with Gasteiger partial charge in [-0.25, -0.2) is 4.98 Å². The largest absolute Gasteiger partial charge is 0.309 e. The maximum absolute atomic E-state index is 5.08. The Labute approximate surface area is 211 Å². The van der Waals surface area contributed by atoms with E-state index in [1.807, 2.05) is 12.1 Å². The van der Waals surface area contributed by atoms with Gasteiger partial charge in [-0.1, -0.05) is 82.7 Å². The average molecular weight is 514 g/mol. The quantitative estimate of drug-likeness (QED) is 0.232. The molecule has 0 aliphatic carbocycles. The van der Waals surface area contributed by atoms with Crippen LogP contribution in [0, 0.1) is 0 Å². The molecule has 0 atom stereocenters. The van der Waals surface area contributed by atoms with Crippen molar-refractivity contribution in [2.45, 2.75) is 0 Å². The van der Waals surface area contributed by atoms with Gasteiger partial charge >= 0.3 is 0 Å². The molecule has 0 bridgehead atoms. The van der Waals surface area contributed by atoms with Gasteiger partial charge in [-0.3, -0.25) is 4.57 Å². The normalized spacial score (nSPS) is 11.6. The Kier molecular flexibility index (Phi) is 4.61. The van der Waals surface area contributed by atoms with Gasteiger partial charge in [0.25, 0.3) is 0 Å². The number of benzene rings is 5. The SMILES string of the molecule is Brc1cc(-c2nc3ccccc3n2-c2ccccc2)cc(-n2c3ccccc3c3ccccc32)c1. The average Bonchev–Trinajstić information content (AvgIpc) is 3.45. The Morgan fingerprint density at radius 1 is 0.514 bits per heavy atom. The fourth-order valence-corrected chi connectivity index (χ4v) is 5.57. The van der Waals surface area contributed by atoms with Crippen LogP contribution in [-0.2, 0) is 0 Å². The van der Waals surface area contributed by atoms with Crippen molar-refractivity contribution in [3.63, 3.8) is 0 Å². The molecule has 0 spiro atoms. The summed E-state index contributed by atoms with van der Waals surface area (Å²) in [6.07, 6.45) is 0. The van der Waals surface area contributed by atoms with Gasteiger partial charge in [0.1, 0.15) is 5.82 Å². The molecular weight excluding hydrogens is 494 g/mol. The van der Waals surface area contributed by atoms with Crippen molar-refractivity contribution < 1.29 is 0 Å². The number of aromatic nitrogens is 3. The molecule has 0 saturated carbocycles. The van der Waals surface area contributed by atoms with Crippen LogP contribution in [0.1, 0.15) is 0 Å². The van der Waals surface area contributed by atoms with E-state index >= 15 is 0 Å². The minimum Gasteiger partial charge on any atom is -0.309 e. The topological polar surface area (TPSA) is 22.8 Å². The molecule has 0 fully saturated rings. The number of halogens is 1. The van der Waals surface area contributed by atoms with Crippen molar-refractivity contribution in [3.05, 3.63) is 126 Å². The molecule has 7 rings (SSSR count). The highest BCUT2D eigenvalue weighted by Crippen LogP contribution is 2.36. The van der Waals surface area contributed by atoms with E-state index in [0.717, 1.165) is 38.3 Å². The monoisotopic (exact) mass is 513 g/mol. The summed E-state index contributed by atoms with van der Waals surface area (Å²) in [5.41, 5.74) is 7.68. The van der Waals surface area contributed by atoms with Crippen LogP contribution in [0.4, 0.5) is 0 Å². The zero-order chi connectivity index (χ0) is 23.4. The zero-order valence-corrected chi connectivity index (χ0v) is 20.4. The predicted octanol–water partition coefficient (Wildman–Crippen LogP) is 8.55. The van der Waals surface area contributed by atoms with E-state index in [4.69, 9.17) is 4.98 Å². The maximum Gasteiger partial charge on any atom is 0.145 e. The molecule has 0 aliphatic rings. The maximum atomic E-state index is 5.08. The molecule has 4 heteroatoms. The number of imidazole rings is 1. The molecule has 0 N–H and O–H groups in total. The van der Waals surface area contributed by atoms with Crippen LogP contribution in [0.3, 0.4) is 0 Å². The second-order valence-electron chi connectivity index (χ2n) is 8.66. The van der Waals surface area contributed by atoms with Crippen LogP contribution >= 0.6 is 15.9 Å². The van der Waals surface area contributed by atoms with Crippen molar-refractivity contribution in [1.82, 2.24) is 14.1 Å². The summed E-state index contributed by atoms with van der Waals surface area (Å²) >= 11 is 3.80. The highest BCUT2D eigenvalue weighted by molar-refractivity contribution is 9.10. The second-order valence-corrected chi connectivity index (χ2v) is 9.58. The molecule has 35 heavy (non-hydrogen) atoms. The van der Waals surface area contributed by atoms with Gasteiger partial charge < -0.3 is 4.57 Å². The van der Waals surface area contributed by atoms with Crippen LogP contribution in [0.2, 0.25) is 0 Å². The first-order valence-electron chi connectivity index (χ1n) is 11.6. The summed E-state index contributed by atoms with van der Waals surface area (Å²) in [5.74, 6) is 0.917. The van der Waals surface area contributed by atoms with E-state index in [1.54, 1.807) is 0 Å². The molecule has 0 aliphatic heterocycles.